The number of benzene rings is 2. The zero-order valence-corrected chi connectivity index (χ0v) is 17.9. The summed E-state index contributed by atoms with van der Waals surface area (Å²) < 4.78 is 0. The number of fused-ring (bicyclic) bond motifs is 2. The fraction of sp³-hybridized carbons (Fsp3) is 0.200. The molecule has 2 heterocycles. The average Bonchev–Trinajstić information content (AvgIpc) is 3.18. The monoisotopic (exact) mass is 426 g/mol. The number of amides is 1. The minimum Gasteiger partial charge on any atom is -0.325 e. The number of carbonyl (C=O) groups excluding carboxylic acids is 1. The van der Waals surface area contributed by atoms with Crippen molar-refractivity contribution in [3.8, 4) is 0 Å². The van der Waals surface area contributed by atoms with E-state index in [1.807, 2.05) is 48.5 Å². The van der Waals surface area contributed by atoms with Gasteiger partial charge in [0.2, 0.25) is 5.91 Å². The van der Waals surface area contributed by atoms with Crippen molar-refractivity contribution in [2.45, 2.75) is 25.7 Å². The van der Waals surface area contributed by atoms with Gasteiger partial charge in [0.15, 0.2) is 0 Å². The van der Waals surface area contributed by atoms with Crippen molar-refractivity contribution in [3.63, 3.8) is 0 Å². The molecule has 1 aliphatic carbocycles. The van der Waals surface area contributed by atoms with Gasteiger partial charge in [0.25, 0.3) is 0 Å². The summed E-state index contributed by atoms with van der Waals surface area (Å²) in [6.45, 7) is 0. The number of anilines is 1. The van der Waals surface area contributed by atoms with Crippen LogP contribution in [-0.4, -0.2) is 27.4 Å². The van der Waals surface area contributed by atoms with Crippen LogP contribution in [0.15, 0.2) is 76.8 Å². The Bertz CT molecular complexity index is 1190. The van der Waals surface area contributed by atoms with Crippen LogP contribution >= 0.6 is 11.8 Å². The predicted molar refractivity (Wildman–Crippen MR) is 128 cm³/mol. The Kier molecular flexibility index (Phi) is 5.63. The number of aliphatic imine (C=N–C) groups is 2. The summed E-state index contributed by atoms with van der Waals surface area (Å²) >= 11 is 1.45. The summed E-state index contributed by atoms with van der Waals surface area (Å²) in [6.07, 6.45) is 5.75. The zero-order valence-electron chi connectivity index (χ0n) is 17.0. The fourth-order valence-corrected chi connectivity index (χ4v) is 4.69. The Morgan fingerprint density at radius 1 is 0.935 bits per heavy atom. The van der Waals surface area contributed by atoms with Crippen LogP contribution in [0.1, 0.15) is 29.7 Å². The maximum absolute atomic E-state index is 12.6. The highest BCUT2D eigenvalue weighted by molar-refractivity contribution is 8.14. The molecule has 0 atom stereocenters. The lowest BCUT2D eigenvalue weighted by Crippen LogP contribution is -2.16. The Morgan fingerprint density at radius 3 is 2.58 bits per heavy atom. The number of para-hydroxylation sites is 2. The Hall–Kier alpha value is -3.25. The van der Waals surface area contributed by atoms with E-state index in [9.17, 15) is 4.79 Å². The van der Waals surface area contributed by atoms with Crippen molar-refractivity contribution < 1.29 is 4.79 Å². The lowest BCUT2D eigenvalue weighted by molar-refractivity contribution is -0.113. The molecule has 0 spiro atoms. The van der Waals surface area contributed by atoms with Gasteiger partial charge in [-0.3, -0.25) is 9.78 Å². The van der Waals surface area contributed by atoms with E-state index in [-0.39, 0.29) is 5.91 Å². The van der Waals surface area contributed by atoms with Gasteiger partial charge in [-0.05, 0) is 66.8 Å². The minimum absolute atomic E-state index is 0.0282. The van der Waals surface area contributed by atoms with Gasteiger partial charge in [-0.15, -0.1) is 11.8 Å². The van der Waals surface area contributed by atoms with Crippen LogP contribution in [0.5, 0.6) is 0 Å². The van der Waals surface area contributed by atoms with Crippen molar-refractivity contribution in [2.75, 3.05) is 11.1 Å². The van der Waals surface area contributed by atoms with E-state index in [1.165, 1.54) is 29.3 Å². The second-order valence-electron chi connectivity index (χ2n) is 7.62. The zero-order chi connectivity index (χ0) is 21.0. The highest BCUT2D eigenvalue weighted by atomic mass is 32.2. The quantitative estimate of drug-likeness (QED) is 0.599. The SMILES string of the molecule is O=C(CSC1=Nc2ccccc2N=C(c2ccccn2)C1)Nc1ccc2c(c1)CCC2. The molecule has 0 fully saturated rings. The van der Waals surface area contributed by atoms with Gasteiger partial charge in [0.1, 0.15) is 0 Å². The number of pyridine rings is 1. The molecule has 3 aromatic rings. The normalized spacial score (nSPS) is 14.7. The summed E-state index contributed by atoms with van der Waals surface area (Å²) in [7, 11) is 0. The highest BCUT2D eigenvalue weighted by Crippen LogP contribution is 2.33. The maximum atomic E-state index is 12.6. The number of hydrogen-bond acceptors (Lipinski definition) is 5. The van der Waals surface area contributed by atoms with Gasteiger partial charge < -0.3 is 5.32 Å². The standard InChI is InChI=1S/C25H22N4OS/c30-24(27-19-12-11-17-6-5-7-18(17)14-19)16-31-25-15-23(20-8-3-4-13-26-20)28-21-9-1-2-10-22(21)29-25/h1-4,8-14H,5-7,15-16H2,(H,27,30). The largest absolute Gasteiger partial charge is 0.325 e. The van der Waals surface area contributed by atoms with Gasteiger partial charge >= 0.3 is 0 Å². The van der Waals surface area contributed by atoms with Crippen molar-refractivity contribution in [1.82, 2.24) is 4.98 Å². The lowest BCUT2D eigenvalue weighted by Gasteiger charge is -2.09. The van der Waals surface area contributed by atoms with Crippen molar-refractivity contribution in [1.29, 1.82) is 0 Å². The van der Waals surface area contributed by atoms with Crippen LogP contribution in [0.2, 0.25) is 0 Å². The molecule has 1 aliphatic heterocycles. The first-order valence-electron chi connectivity index (χ1n) is 10.4. The molecule has 1 aromatic heterocycles. The van der Waals surface area contributed by atoms with Gasteiger partial charge in [-0.2, -0.15) is 0 Å². The number of nitrogens with one attached hydrogen (secondary N) is 1. The van der Waals surface area contributed by atoms with E-state index in [4.69, 9.17) is 9.98 Å². The van der Waals surface area contributed by atoms with E-state index < -0.39 is 0 Å². The fourth-order valence-electron chi connectivity index (χ4n) is 3.92. The van der Waals surface area contributed by atoms with Gasteiger partial charge in [0, 0.05) is 18.3 Å². The molecular weight excluding hydrogens is 404 g/mol. The summed E-state index contributed by atoms with van der Waals surface area (Å²) in [4.78, 5) is 26.7. The van der Waals surface area contributed by atoms with Crippen LogP contribution in [0.4, 0.5) is 17.1 Å². The maximum Gasteiger partial charge on any atom is 0.234 e. The molecule has 154 valence electrons. The summed E-state index contributed by atoms with van der Waals surface area (Å²) in [5, 5.41) is 3.89. The van der Waals surface area contributed by atoms with Crippen molar-refractivity contribution in [3.05, 3.63) is 83.7 Å². The molecule has 2 aliphatic rings. The molecule has 1 amide bonds. The third-order valence-corrected chi connectivity index (χ3v) is 6.39. The number of nitrogens with zero attached hydrogens (tertiary/aromatic N) is 3. The third kappa shape index (κ3) is 4.59. The van der Waals surface area contributed by atoms with E-state index >= 15 is 0 Å². The van der Waals surface area contributed by atoms with Crippen molar-refractivity contribution >= 4 is 45.5 Å². The molecule has 31 heavy (non-hydrogen) atoms. The Labute approximate surface area is 185 Å². The van der Waals surface area contributed by atoms with Crippen LogP contribution in [0.3, 0.4) is 0 Å². The second-order valence-corrected chi connectivity index (χ2v) is 8.67. The predicted octanol–water partition coefficient (Wildman–Crippen LogP) is 5.50. The van der Waals surface area contributed by atoms with E-state index in [2.05, 4.69) is 22.4 Å². The van der Waals surface area contributed by atoms with Crippen LogP contribution in [0, 0.1) is 0 Å². The van der Waals surface area contributed by atoms with Crippen molar-refractivity contribution in [2.24, 2.45) is 9.98 Å². The molecule has 0 saturated carbocycles. The molecule has 2 aromatic carbocycles. The van der Waals surface area contributed by atoms with Crippen LogP contribution < -0.4 is 5.32 Å². The van der Waals surface area contributed by atoms with E-state index in [0.29, 0.717) is 12.2 Å². The van der Waals surface area contributed by atoms with E-state index in [0.717, 1.165) is 46.4 Å². The Morgan fingerprint density at radius 2 is 1.74 bits per heavy atom. The molecule has 0 radical (unpaired) electrons. The number of aromatic nitrogens is 1. The first-order chi connectivity index (χ1) is 15.2. The smallest absolute Gasteiger partial charge is 0.234 e. The summed E-state index contributed by atoms with van der Waals surface area (Å²) in [5.74, 6) is 0.271. The molecule has 1 N–H and O–H groups in total. The first-order valence-corrected chi connectivity index (χ1v) is 11.4. The molecule has 0 unspecified atom stereocenters. The molecule has 0 bridgehead atoms. The first kappa shape index (κ1) is 19.7. The molecule has 5 nitrogen and oxygen atoms in total. The molecule has 6 heteroatoms. The lowest BCUT2D eigenvalue weighted by atomic mass is 10.1. The van der Waals surface area contributed by atoms with E-state index in [1.54, 1.807) is 6.20 Å². The van der Waals surface area contributed by atoms with Gasteiger partial charge in [-0.25, -0.2) is 9.98 Å². The summed E-state index contributed by atoms with van der Waals surface area (Å²) in [5.41, 5.74) is 6.95. The third-order valence-electron chi connectivity index (χ3n) is 5.41. The van der Waals surface area contributed by atoms with Crippen LogP contribution in [0.25, 0.3) is 0 Å². The molecule has 5 rings (SSSR count). The minimum atomic E-state index is -0.0282. The number of thioether (sulfide) groups is 1. The molecular formula is C25H22N4OS. The Balaban J connectivity index is 1.31. The number of hydrogen-bond donors (Lipinski definition) is 1. The second kappa shape index (κ2) is 8.86. The van der Waals surface area contributed by atoms with Gasteiger partial charge in [0.05, 0.1) is 33.6 Å². The van der Waals surface area contributed by atoms with Gasteiger partial charge in [-0.1, -0.05) is 24.3 Å². The number of aryl methyl sites for hydroxylation is 2. The average molecular weight is 427 g/mol. The molecule has 0 saturated heterocycles. The number of carbonyl (C=O) groups is 1. The summed E-state index contributed by atoms with van der Waals surface area (Å²) in [6, 6.07) is 19.8. The van der Waals surface area contributed by atoms with Crippen LogP contribution in [-0.2, 0) is 17.6 Å². The topological polar surface area (TPSA) is 66.7 Å². The highest BCUT2D eigenvalue weighted by Gasteiger charge is 2.17. The number of rotatable bonds is 4.